The summed E-state index contributed by atoms with van der Waals surface area (Å²) in [5.41, 5.74) is -0.161. The van der Waals surface area contributed by atoms with Crippen LogP contribution in [0.3, 0.4) is 0 Å². The molecule has 2 fully saturated rings. The van der Waals surface area contributed by atoms with Crippen LogP contribution < -0.4 is 5.32 Å². The zero-order valence-corrected chi connectivity index (χ0v) is 16.2. The van der Waals surface area contributed by atoms with Gasteiger partial charge in [0.15, 0.2) is 0 Å². The molecular formula is C21H23F3N4O2. The molecule has 1 saturated carbocycles. The average molecular weight is 420 g/mol. The van der Waals surface area contributed by atoms with Gasteiger partial charge in [-0.2, -0.15) is 13.2 Å². The molecule has 9 heteroatoms. The minimum atomic E-state index is -4.38. The lowest BCUT2D eigenvalue weighted by Gasteiger charge is -2.35. The number of hydrogen-bond acceptors (Lipinski definition) is 5. The van der Waals surface area contributed by atoms with Gasteiger partial charge in [-0.1, -0.05) is 12.1 Å². The lowest BCUT2D eigenvalue weighted by Crippen LogP contribution is -2.43. The van der Waals surface area contributed by atoms with E-state index in [0.29, 0.717) is 37.3 Å². The van der Waals surface area contributed by atoms with Crippen molar-refractivity contribution in [2.24, 2.45) is 11.8 Å². The standard InChI is InChI=1S/C21H23F3N4O2/c22-21(23,24)16-3-1-13(2-4-16)7-20(30)28-11-14-8-17(18(29)9-15(14)12-28)27-19-10-25-5-6-26-19/h1-6,10,14-15,17-18,29H,7-9,11-12H2,(H,26,27)/t14-,15+,17-,18-/m1/s1. The Bertz CT molecular complexity index is 876. The Morgan fingerprint density at radius 3 is 2.47 bits per heavy atom. The molecule has 2 N–H and O–H groups in total. The first-order valence-electron chi connectivity index (χ1n) is 9.94. The third kappa shape index (κ3) is 4.56. The lowest BCUT2D eigenvalue weighted by atomic mass is 9.77. The molecule has 6 nitrogen and oxygen atoms in total. The van der Waals surface area contributed by atoms with Crippen LogP contribution in [0.15, 0.2) is 42.9 Å². The summed E-state index contributed by atoms with van der Waals surface area (Å²) in [5, 5.41) is 13.7. The Kier molecular flexibility index (Phi) is 5.64. The highest BCUT2D eigenvalue weighted by Crippen LogP contribution is 2.37. The number of alkyl halides is 3. The van der Waals surface area contributed by atoms with Crippen molar-refractivity contribution in [1.29, 1.82) is 0 Å². The fourth-order valence-corrected chi connectivity index (χ4v) is 4.45. The predicted octanol–water partition coefficient (Wildman–Crippen LogP) is 2.75. The fourth-order valence-electron chi connectivity index (χ4n) is 4.45. The van der Waals surface area contributed by atoms with E-state index < -0.39 is 17.8 Å². The summed E-state index contributed by atoms with van der Waals surface area (Å²) in [7, 11) is 0. The van der Waals surface area contributed by atoms with E-state index in [4.69, 9.17) is 0 Å². The molecular weight excluding hydrogens is 397 g/mol. The Morgan fingerprint density at radius 2 is 1.83 bits per heavy atom. The first-order chi connectivity index (χ1) is 14.3. The molecule has 2 aliphatic rings. The lowest BCUT2D eigenvalue weighted by molar-refractivity contribution is -0.137. The molecule has 30 heavy (non-hydrogen) atoms. The van der Waals surface area contributed by atoms with Crippen LogP contribution in [0.25, 0.3) is 0 Å². The Labute approximate surface area is 172 Å². The molecule has 0 bridgehead atoms. The van der Waals surface area contributed by atoms with Crippen LogP contribution in [0, 0.1) is 11.8 Å². The van der Waals surface area contributed by atoms with Gasteiger partial charge in [0.05, 0.1) is 30.3 Å². The molecule has 0 radical (unpaired) electrons. The van der Waals surface area contributed by atoms with Crippen LogP contribution in [-0.4, -0.2) is 51.1 Å². The van der Waals surface area contributed by atoms with E-state index >= 15 is 0 Å². The Morgan fingerprint density at radius 1 is 1.13 bits per heavy atom. The number of benzene rings is 1. The van der Waals surface area contributed by atoms with E-state index in [0.717, 1.165) is 12.1 Å². The highest BCUT2D eigenvalue weighted by atomic mass is 19.4. The largest absolute Gasteiger partial charge is 0.416 e. The van der Waals surface area contributed by atoms with Gasteiger partial charge in [0.2, 0.25) is 5.91 Å². The smallest absolute Gasteiger partial charge is 0.391 e. The minimum Gasteiger partial charge on any atom is -0.391 e. The van der Waals surface area contributed by atoms with Crippen molar-refractivity contribution >= 4 is 11.7 Å². The highest BCUT2D eigenvalue weighted by Gasteiger charge is 2.43. The molecule has 4 atom stereocenters. The van der Waals surface area contributed by atoms with Crippen LogP contribution in [-0.2, 0) is 17.4 Å². The second-order valence-corrected chi connectivity index (χ2v) is 8.07. The average Bonchev–Trinajstić information content (AvgIpc) is 3.12. The first-order valence-corrected chi connectivity index (χ1v) is 9.94. The third-order valence-electron chi connectivity index (χ3n) is 6.03. The highest BCUT2D eigenvalue weighted by molar-refractivity contribution is 5.79. The zero-order valence-electron chi connectivity index (χ0n) is 16.2. The molecule has 0 unspecified atom stereocenters. The van der Waals surface area contributed by atoms with Gasteiger partial charge in [0.25, 0.3) is 0 Å². The van der Waals surface area contributed by atoms with Gasteiger partial charge in [-0.25, -0.2) is 4.98 Å². The second kappa shape index (κ2) is 8.22. The molecule has 1 saturated heterocycles. The number of halogens is 3. The quantitative estimate of drug-likeness (QED) is 0.795. The molecule has 1 aliphatic heterocycles. The van der Waals surface area contributed by atoms with Crippen LogP contribution in [0.1, 0.15) is 24.0 Å². The van der Waals surface area contributed by atoms with E-state index in [-0.39, 0.29) is 30.2 Å². The summed E-state index contributed by atoms with van der Waals surface area (Å²) < 4.78 is 38.1. The number of anilines is 1. The molecule has 2 aromatic rings. The number of amides is 1. The van der Waals surface area contributed by atoms with Crippen molar-refractivity contribution in [3.05, 3.63) is 54.0 Å². The van der Waals surface area contributed by atoms with Crippen LogP contribution in [0.2, 0.25) is 0 Å². The summed E-state index contributed by atoms with van der Waals surface area (Å²) in [4.78, 5) is 22.7. The SMILES string of the molecule is O=C(Cc1ccc(C(F)(F)F)cc1)N1C[C@H]2C[C@@H](Nc3cnccn3)[C@H](O)C[C@H]2C1. The number of likely N-dealkylation sites (tertiary alicyclic amines) is 1. The molecule has 1 amide bonds. The number of hydrogen-bond donors (Lipinski definition) is 2. The summed E-state index contributed by atoms with van der Waals surface area (Å²) in [6.07, 6.45) is 1.21. The van der Waals surface area contributed by atoms with E-state index in [1.54, 1.807) is 23.5 Å². The van der Waals surface area contributed by atoms with Crippen molar-refractivity contribution in [3.63, 3.8) is 0 Å². The Balaban J connectivity index is 1.35. The summed E-state index contributed by atoms with van der Waals surface area (Å²) >= 11 is 0. The molecule has 1 aromatic carbocycles. The monoisotopic (exact) mass is 420 g/mol. The third-order valence-corrected chi connectivity index (χ3v) is 6.03. The summed E-state index contributed by atoms with van der Waals surface area (Å²) in [5.74, 6) is 0.987. The van der Waals surface area contributed by atoms with Crippen molar-refractivity contribution in [2.45, 2.75) is 37.6 Å². The van der Waals surface area contributed by atoms with Gasteiger partial charge in [-0.05, 0) is 42.4 Å². The van der Waals surface area contributed by atoms with E-state index in [9.17, 15) is 23.1 Å². The number of carbonyl (C=O) groups is 1. The summed E-state index contributed by atoms with van der Waals surface area (Å²) in [6.45, 7) is 1.16. The predicted molar refractivity (Wildman–Crippen MR) is 103 cm³/mol. The number of aromatic nitrogens is 2. The molecule has 0 spiro atoms. The maximum atomic E-state index is 12.7. The number of aliphatic hydroxyl groups is 1. The van der Waals surface area contributed by atoms with Gasteiger partial charge in [0.1, 0.15) is 5.82 Å². The summed E-state index contributed by atoms with van der Waals surface area (Å²) in [6, 6.07) is 4.56. The molecule has 4 rings (SSSR count). The second-order valence-electron chi connectivity index (χ2n) is 8.07. The number of aliphatic hydroxyl groups excluding tert-OH is 1. The Hall–Kier alpha value is -2.68. The van der Waals surface area contributed by atoms with Crippen molar-refractivity contribution in [2.75, 3.05) is 18.4 Å². The normalized spacial score (nSPS) is 26.3. The van der Waals surface area contributed by atoms with Gasteiger partial charge < -0.3 is 15.3 Å². The number of rotatable bonds is 4. The van der Waals surface area contributed by atoms with Crippen molar-refractivity contribution in [3.8, 4) is 0 Å². The maximum absolute atomic E-state index is 12.7. The number of fused-ring (bicyclic) bond motifs is 1. The van der Waals surface area contributed by atoms with Gasteiger partial charge >= 0.3 is 6.18 Å². The molecule has 1 aromatic heterocycles. The fraction of sp³-hybridized carbons (Fsp3) is 0.476. The van der Waals surface area contributed by atoms with Crippen LogP contribution >= 0.6 is 0 Å². The molecule has 1 aliphatic carbocycles. The topological polar surface area (TPSA) is 78.4 Å². The van der Waals surface area contributed by atoms with Gasteiger partial charge in [0, 0.05) is 25.5 Å². The van der Waals surface area contributed by atoms with Gasteiger partial charge in [-0.15, -0.1) is 0 Å². The molecule has 2 heterocycles. The minimum absolute atomic E-state index is 0.0708. The first kappa shape index (κ1) is 20.6. The van der Waals surface area contributed by atoms with Crippen molar-refractivity contribution < 1.29 is 23.1 Å². The number of nitrogens with zero attached hydrogens (tertiary/aromatic N) is 3. The van der Waals surface area contributed by atoms with E-state index in [1.165, 1.54) is 12.1 Å². The zero-order chi connectivity index (χ0) is 21.3. The van der Waals surface area contributed by atoms with Gasteiger partial charge in [-0.3, -0.25) is 9.78 Å². The maximum Gasteiger partial charge on any atom is 0.416 e. The molecule has 160 valence electrons. The number of nitrogens with one attached hydrogen (secondary N) is 1. The van der Waals surface area contributed by atoms with Crippen LogP contribution in [0.5, 0.6) is 0 Å². The van der Waals surface area contributed by atoms with E-state index in [2.05, 4.69) is 15.3 Å². The van der Waals surface area contributed by atoms with E-state index in [1.807, 2.05) is 0 Å². The van der Waals surface area contributed by atoms with Crippen LogP contribution in [0.4, 0.5) is 19.0 Å². The number of carbonyl (C=O) groups excluding carboxylic acids is 1. The van der Waals surface area contributed by atoms with Crippen molar-refractivity contribution in [1.82, 2.24) is 14.9 Å².